The summed E-state index contributed by atoms with van der Waals surface area (Å²) in [5.74, 6) is -0.174. The first-order valence-corrected chi connectivity index (χ1v) is 12.3. The topological polar surface area (TPSA) is 18.5 Å². The standard InChI is InChI=1S/C22H30O2Si/c1-17(25(4,5)19-14-10-7-11-15-19)20-16-23-22(2,3)24-21(20)18-12-8-6-9-13-18/h6-15,17,20-21H,16H2,1-5H3/t17-,20+,21+/m0/s1. The maximum absolute atomic E-state index is 6.42. The highest BCUT2D eigenvalue weighted by Crippen LogP contribution is 2.45. The van der Waals surface area contributed by atoms with Crippen LogP contribution in [0.3, 0.4) is 0 Å². The van der Waals surface area contributed by atoms with E-state index in [1.54, 1.807) is 0 Å². The summed E-state index contributed by atoms with van der Waals surface area (Å²) in [6, 6.07) is 21.6. The Kier molecular flexibility index (Phi) is 5.19. The molecule has 0 aromatic heterocycles. The van der Waals surface area contributed by atoms with E-state index < -0.39 is 13.9 Å². The molecule has 0 bridgehead atoms. The molecule has 134 valence electrons. The first kappa shape index (κ1) is 18.4. The van der Waals surface area contributed by atoms with Crippen LogP contribution in [0.15, 0.2) is 60.7 Å². The molecule has 0 aliphatic carbocycles. The lowest BCUT2D eigenvalue weighted by molar-refractivity contribution is -0.296. The van der Waals surface area contributed by atoms with Crippen molar-refractivity contribution >= 4 is 13.3 Å². The van der Waals surface area contributed by atoms with Crippen molar-refractivity contribution in [2.45, 2.75) is 51.3 Å². The van der Waals surface area contributed by atoms with E-state index in [0.29, 0.717) is 11.5 Å². The molecule has 1 fully saturated rings. The van der Waals surface area contributed by atoms with Gasteiger partial charge >= 0.3 is 0 Å². The average Bonchev–Trinajstić information content (AvgIpc) is 2.62. The van der Waals surface area contributed by atoms with Crippen LogP contribution in [0.5, 0.6) is 0 Å². The Bertz CT molecular complexity index is 682. The minimum Gasteiger partial charge on any atom is -0.350 e. The Morgan fingerprint density at radius 3 is 2.12 bits per heavy atom. The van der Waals surface area contributed by atoms with Gasteiger partial charge in [0.25, 0.3) is 0 Å². The maximum Gasteiger partial charge on any atom is 0.163 e. The zero-order chi connectivity index (χ0) is 18.1. The van der Waals surface area contributed by atoms with Crippen LogP contribution in [-0.2, 0) is 9.47 Å². The van der Waals surface area contributed by atoms with Gasteiger partial charge in [0.15, 0.2) is 5.79 Å². The van der Waals surface area contributed by atoms with Crippen molar-refractivity contribution < 1.29 is 9.47 Å². The van der Waals surface area contributed by atoms with Crippen LogP contribution in [0.4, 0.5) is 0 Å². The second-order valence-electron chi connectivity index (χ2n) is 8.20. The maximum atomic E-state index is 6.42. The first-order valence-electron chi connectivity index (χ1n) is 9.23. The molecule has 3 rings (SSSR count). The summed E-state index contributed by atoms with van der Waals surface area (Å²) in [7, 11) is -1.65. The largest absolute Gasteiger partial charge is 0.350 e. The minimum absolute atomic E-state index is 0.0791. The van der Waals surface area contributed by atoms with Crippen molar-refractivity contribution in [3.63, 3.8) is 0 Å². The Labute approximate surface area is 153 Å². The SMILES string of the molecule is C[C@@H]([C@H]1COC(C)(C)O[C@@H]1c1ccccc1)[Si](C)(C)c1ccccc1. The normalized spacial score (nSPS) is 24.7. The summed E-state index contributed by atoms with van der Waals surface area (Å²) in [4.78, 5) is 0. The molecule has 0 spiro atoms. The lowest BCUT2D eigenvalue weighted by Gasteiger charge is -2.47. The van der Waals surface area contributed by atoms with Gasteiger partial charge in [-0.2, -0.15) is 0 Å². The van der Waals surface area contributed by atoms with Gasteiger partial charge in [-0.25, -0.2) is 0 Å². The molecule has 3 atom stereocenters. The summed E-state index contributed by atoms with van der Waals surface area (Å²) in [5.41, 5.74) is 1.80. The minimum atomic E-state index is -1.65. The molecular formula is C22H30O2Si. The van der Waals surface area contributed by atoms with Crippen molar-refractivity contribution in [3.8, 4) is 0 Å². The molecular weight excluding hydrogens is 324 g/mol. The van der Waals surface area contributed by atoms with Gasteiger partial charge in [-0.15, -0.1) is 0 Å². The molecule has 0 saturated carbocycles. The summed E-state index contributed by atoms with van der Waals surface area (Å²) in [5, 5.41) is 1.50. The van der Waals surface area contributed by atoms with Crippen molar-refractivity contribution in [1.82, 2.24) is 0 Å². The van der Waals surface area contributed by atoms with Crippen LogP contribution in [0, 0.1) is 5.92 Å². The number of hydrogen-bond acceptors (Lipinski definition) is 2. The van der Waals surface area contributed by atoms with E-state index >= 15 is 0 Å². The fourth-order valence-electron chi connectivity index (χ4n) is 3.84. The molecule has 3 heteroatoms. The van der Waals surface area contributed by atoms with E-state index in [4.69, 9.17) is 9.47 Å². The molecule has 1 aliphatic rings. The van der Waals surface area contributed by atoms with E-state index in [9.17, 15) is 0 Å². The smallest absolute Gasteiger partial charge is 0.163 e. The third-order valence-electron chi connectivity index (χ3n) is 5.85. The fraction of sp³-hybridized carbons (Fsp3) is 0.455. The van der Waals surface area contributed by atoms with Crippen LogP contribution >= 0.6 is 0 Å². The van der Waals surface area contributed by atoms with Crippen LogP contribution in [0.2, 0.25) is 18.6 Å². The van der Waals surface area contributed by atoms with Crippen molar-refractivity contribution in [1.29, 1.82) is 0 Å². The van der Waals surface area contributed by atoms with Gasteiger partial charge in [0.05, 0.1) is 20.8 Å². The predicted molar refractivity (Wildman–Crippen MR) is 107 cm³/mol. The van der Waals surface area contributed by atoms with Gasteiger partial charge in [0, 0.05) is 5.92 Å². The monoisotopic (exact) mass is 354 g/mol. The second kappa shape index (κ2) is 7.06. The van der Waals surface area contributed by atoms with Gasteiger partial charge in [0.1, 0.15) is 0 Å². The van der Waals surface area contributed by atoms with Crippen LogP contribution in [0.1, 0.15) is 32.4 Å². The second-order valence-corrected chi connectivity index (χ2v) is 13.1. The van der Waals surface area contributed by atoms with Crippen molar-refractivity contribution in [2.75, 3.05) is 6.61 Å². The van der Waals surface area contributed by atoms with Gasteiger partial charge in [-0.3, -0.25) is 0 Å². The molecule has 1 heterocycles. The van der Waals surface area contributed by atoms with Crippen LogP contribution < -0.4 is 5.19 Å². The van der Waals surface area contributed by atoms with Gasteiger partial charge in [-0.1, -0.05) is 85.9 Å². The molecule has 1 aliphatic heterocycles. The summed E-state index contributed by atoms with van der Waals surface area (Å²) in [6.07, 6.45) is 0.0791. The number of hydrogen-bond donors (Lipinski definition) is 0. The number of ether oxygens (including phenoxy) is 2. The van der Waals surface area contributed by atoms with E-state index in [0.717, 1.165) is 6.61 Å². The molecule has 1 saturated heterocycles. The molecule has 0 N–H and O–H groups in total. The van der Waals surface area contributed by atoms with Gasteiger partial charge < -0.3 is 9.47 Å². The molecule has 2 aromatic rings. The third kappa shape index (κ3) is 3.89. The number of benzene rings is 2. The fourth-order valence-corrected chi connectivity index (χ4v) is 6.76. The highest BCUT2D eigenvalue weighted by molar-refractivity contribution is 6.91. The highest BCUT2D eigenvalue weighted by Gasteiger charge is 2.45. The quantitative estimate of drug-likeness (QED) is 0.708. The molecule has 0 radical (unpaired) electrons. The van der Waals surface area contributed by atoms with Gasteiger partial charge in [-0.05, 0) is 25.0 Å². The Morgan fingerprint density at radius 2 is 1.52 bits per heavy atom. The first-order chi connectivity index (χ1) is 11.8. The zero-order valence-corrected chi connectivity index (χ0v) is 17.0. The van der Waals surface area contributed by atoms with E-state index in [1.807, 2.05) is 13.8 Å². The molecule has 0 unspecified atom stereocenters. The van der Waals surface area contributed by atoms with E-state index in [-0.39, 0.29) is 6.10 Å². The molecule has 0 amide bonds. The van der Waals surface area contributed by atoms with Crippen molar-refractivity contribution in [3.05, 3.63) is 66.2 Å². The van der Waals surface area contributed by atoms with E-state index in [1.165, 1.54) is 10.8 Å². The highest BCUT2D eigenvalue weighted by atomic mass is 28.3. The zero-order valence-electron chi connectivity index (χ0n) is 16.0. The lowest BCUT2D eigenvalue weighted by Crippen LogP contribution is -2.52. The molecule has 25 heavy (non-hydrogen) atoms. The molecule has 2 aromatic carbocycles. The Hall–Kier alpha value is -1.42. The van der Waals surface area contributed by atoms with E-state index in [2.05, 4.69) is 80.7 Å². The van der Waals surface area contributed by atoms with Crippen LogP contribution in [-0.4, -0.2) is 20.5 Å². The molecule has 2 nitrogen and oxygen atoms in total. The summed E-state index contributed by atoms with van der Waals surface area (Å²) in [6.45, 7) is 12.1. The third-order valence-corrected chi connectivity index (χ3v) is 10.4. The summed E-state index contributed by atoms with van der Waals surface area (Å²) >= 11 is 0. The number of rotatable bonds is 4. The van der Waals surface area contributed by atoms with Gasteiger partial charge in [0.2, 0.25) is 0 Å². The average molecular weight is 355 g/mol. The summed E-state index contributed by atoms with van der Waals surface area (Å²) < 4.78 is 12.5. The van der Waals surface area contributed by atoms with Crippen LogP contribution in [0.25, 0.3) is 0 Å². The lowest BCUT2D eigenvalue weighted by atomic mass is 9.92. The predicted octanol–water partition coefficient (Wildman–Crippen LogP) is 5.13. The Morgan fingerprint density at radius 1 is 0.960 bits per heavy atom. The van der Waals surface area contributed by atoms with Crippen molar-refractivity contribution in [2.24, 2.45) is 5.92 Å². The Balaban J connectivity index is 1.93.